The van der Waals surface area contributed by atoms with Crippen LogP contribution in [0, 0.1) is 0 Å². The lowest BCUT2D eigenvalue weighted by molar-refractivity contribution is 0.0955. The fraction of sp³-hybridized carbons (Fsp3) is 0.0833. The van der Waals surface area contributed by atoms with Crippen LogP contribution in [0.4, 0.5) is 0 Å². The summed E-state index contributed by atoms with van der Waals surface area (Å²) in [7, 11) is 1.91. The third-order valence-corrected chi connectivity index (χ3v) is 2.27. The van der Waals surface area contributed by atoms with Crippen molar-refractivity contribution in [2.45, 2.75) is 0 Å². The van der Waals surface area contributed by atoms with Gasteiger partial charge in [0.2, 0.25) is 0 Å². The molecule has 0 bridgehead atoms. The number of rotatable bonds is 3. The van der Waals surface area contributed by atoms with Crippen LogP contribution in [-0.2, 0) is 7.05 Å². The second-order valence-electron chi connectivity index (χ2n) is 3.48. The average Bonchev–Trinajstić information content (AvgIpc) is 2.76. The summed E-state index contributed by atoms with van der Waals surface area (Å²) in [5, 5.41) is 3.88. The van der Waals surface area contributed by atoms with Crippen LogP contribution in [0.25, 0.3) is 0 Å². The largest absolute Gasteiger partial charge is 0.350 e. The van der Waals surface area contributed by atoms with Crippen molar-refractivity contribution in [3.63, 3.8) is 0 Å². The fourth-order valence-corrected chi connectivity index (χ4v) is 1.33. The van der Waals surface area contributed by atoms with Gasteiger partial charge in [-0.15, -0.1) is 0 Å². The van der Waals surface area contributed by atoms with E-state index in [1.807, 2.05) is 29.9 Å². The number of hydrogen-bond donors (Lipinski definition) is 1. The van der Waals surface area contributed by atoms with Crippen molar-refractivity contribution >= 4 is 12.1 Å². The zero-order valence-electron chi connectivity index (χ0n) is 9.37. The van der Waals surface area contributed by atoms with E-state index in [9.17, 15) is 4.79 Å². The van der Waals surface area contributed by atoms with Crippen LogP contribution in [0.5, 0.6) is 0 Å². The number of carbonyl (C=O) groups is 1. The maximum Gasteiger partial charge on any atom is 0.272 e. The monoisotopic (exact) mass is 228 g/mol. The van der Waals surface area contributed by atoms with Crippen molar-refractivity contribution in [3.8, 4) is 0 Å². The second-order valence-corrected chi connectivity index (χ2v) is 3.48. The third kappa shape index (κ3) is 2.78. The predicted octanol–water partition coefficient (Wildman–Crippen LogP) is 1.18. The molecule has 0 aliphatic carbocycles. The van der Waals surface area contributed by atoms with E-state index in [-0.39, 0.29) is 5.91 Å². The number of hydrazone groups is 1. The van der Waals surface area contributed by atoms with Crippen molar-refractivity contribution in [1.82, 2.24) is 15.0 Å². The molecule has 0 aliphatic rings. The highest BCUT2D eigenvalue weighted by atomic mass is 16.2. The topological polar surface area (TPSA) is 59.3 Å². The summed E-state index contributed by atoms with van der Waals surface area (Å²) in [6.07, 6.45) is 6.61. The number of aromatic nitrogens is 2. The van der Waals surface area contributed by atoms with Gasteiger partial charge in [-0.3, -0.25) is 9.78 Å². The van der Waals surface area contributed by atoms with E-state index >= 15 is 0 Å². The van der Waals surface area contributed by atoms with E-state index in [1.54, 1.807) is 24.5 Å². The Hall–Kier alpha value is -2.43. The number of hydrogen-bond acceptors (Lipinski definition) is 3. The van der Waals surface area contributed by atoms with Crippen LogP contribution < -0.4 is 5.43 Å². The Labute approximate surface area is 98.8 Å². The van der Waals surface area contributed by atoms with Crippen LogP contribution in [-0.4, -0.2) is 21.7 Å². The highest BCUT2D eigenvalue weighted by Gasteiger charge is 2.02. The van der Waals surface area contributed by atoms with Gasteiger partial charge >= 0.3 is 0 Å². The number of pyridine rings is 1. The Kier molecular flexibility index (Phi) is 3.30. The molecule has 2 aromatic rings. The van der Waals surface area contributed by atoms with E-state index in [0.717, 1.165) is 5.69 Å². The molecule has 0 saturated heterocycles. The minimum atomic E-state index is -0.274. The first-order valence-electron chi connectivity index (χ1n) is 5.12. The lowest BCUT2D eigenvalue weighted by atomic mass is 10.3. The highest BCUT2D eigenvalue weighted by Crippen LogP contribution is 1.96. The van der Waals surface area contributed by atoms with E-state index in [0.29, 0.717) is 5.56 Å². The molecule has 0 saturated carbocycles. The first-order valence-corrected chi connectivity index (χ1v) is 5.12. The molecular formula is C12H12N4O. The molecule has 86 valence electrons. The van der Waals surface area contributed by atoms with E-state index in [2.05, 4.69) is 15.5 Å². The Morgan fingerprint density at radius 3 is 3.00 bits per heavy atom. The molecule has 17 heavy (non-hydrogen) atoms. The normalized spacial score (nSPS) is 10.6. The van der Waals surface area contributed by atoms with E-state index < -0.39 is 0 Å². The van der Waals surface area contributed by atoms with Gasteiger partial charge in [-0.1, -0.05) is 0 Å². The second kappa shape index (κ2) is 5.07. The van der Waals surface area contributed by atoms with Gasteiger partial charge < -0.3 is 4.57 Å². The lowest BCUT2D eigenvalue weighted by Gasteiger charge is -1.98. The van der Waals surface area contributed by atoms with Crippen molar-refractivity contribution in [2.24, 2.45) is 12.1 Å². The minimum Gasteiger partial charge on any atom is -0.350 e. The number of nitrogens with one attached hydrogen (secondary N) is 1. The molecular weight excluding hydrogens is 216 g/mol. The number of aryl methyl sites for hydroxylation is 1. The summed E-state index contributed by atoms with van der Waals surface area (Å²) in [6, 6.07) is 7.19. The molecule has 0 fully saturated rings. The summed E-state index contributed by atoms with van der Waals surface area (Å²) in [6.45, 7) is 0. The number of nitrogens with zero attached hydrogens (tertiary/aromatic N) is 3. The quantitative estimate of drug-likeness (QED) is 0.633. The van der Waals surface area contributed by atoms with E-state index in [4.69, 9.17) is 0 Å². The van der Waals surface area contributed by atoms with Crippen LogP contribution in [0.1, 0.15) is 16.1 Å². The van der Waals surface area contributed by atoms with Crippen molar-refractivity contribution in [2.75, 3.05) is 0 Å². The van der Waals surface area contributed by atoms with Crippen LogP contribution in [0.3, 0.4) is 0 Å². The van der Waals surface area contributed by atoms with Gasteiger partial charge in [-0.2, -0.15) is 5.10 Å². The molecule has 2 heterocycles. The van der Waals surface area contributed by atoms with Crippen LogP contribution in [0.15, 0.2) is 48.0 Å². The molecule has 0 radical (unpaired) electrons. The maximum absolute atomic E-state index is 11.6. The average molecular weight is 228 g/mol. The van der Waals surface area contributed by atoms with Crippen molar-refractivity contribution in [3.05, 3.63) is 54.1 Å². The molecule has 2 rings (SSSR count). The summed E-state index contributed by atoms with van der Waals surface area (Å²) in [5.74, 6) is -0.274. The molecule has 0 spiro atoms. The molecule has 0 aromatic carbocycles. The maximum atomic E-state index is 11.6. The smallest absolute Gasteiger partial charge is 0.272 e. The van der Waals surface area contributed by atoms with Crippen molar-refractivity contribution < 1.29 is 4.79 Å². The zero-order chi connectivity index (χ0) is 12.1. The molecule has 0 unspecified atom stereocenters. The molecule has 2 aromatic heterocycles. The summed E-state index contributed by atoms with van der Waals surface area (Å²) >= 11 is 0. The van der Waals surface area contributed by atoms with Crippen LogP contribution in [0.2, 0.25) is 0 Å². The van der Waals surface area contributed by atoms with E-state index in [1.165, 1.54) is 6.20 Å². The SMILES string of the molecule is Cn1cccc1C=NNC(=O)c1cccnc1. The zero-order valence-corrected chi connectivity index (χ0v) is 9.37. The number of carbonyl (C=O) groups excluding carboxylic acids is 1. The van der Waals surface area contributed by atoms with Gasteiger partial charge in [-0.25, -0.2) is 5.43 Å². The lowest BCUT2D eigenvalue weighted by Crippen LogP contribution is -2.17. The summed E-state index contributed by atoms with van der Waals surface area (Å²) in [5.41, 5.74) is 3.84. The molecule has 1 N–H and O–H groups in total. The Morgan fingerprint density at radius 2 is 2.35 bits per heavy atom. The standard InChI is InChI=1S/C12H12N4O/c1-16-7-3-5-11(16)9-14-15-12(17)10-4-2-6-13-8-10/h2-9H,1H3,(H,15,17). The Morgan fingerprint density at radius 1 is 1.47 bits per heavy atom. The molecule has 0 aliphatic heterocycles. The van der Waals surface area contributed by atoms with Crippen LogP contribution >= 0.6 is 0 Å². The molecule has 5 heteroatoms. The third-order valence-electron chi connectivity index (χ3n) is 2.27. The summed E-state index contributed by atoms with van der Waals surface area (Å²) < 4.78 is 1.90. The fourth-order valence-electron chi connectivity index (χ4n) is 1.33. The first-order chi connectivity index (χ1) is 8.27. The van der Waals surface area contributed by atoms with Gasteiger partial charge in [0.05, 0.1) is 17.5 Å². The van der Waals surface area contributed by atoms with Gasteiger partial charge in [-0.05, 0) is 24.3 Å². The Balaban J connectivity index is 1.97. The van der Waals surface area contributed by atoms with Gasteiger partial charge in [0, 0.05) is 25.6 Å². The minimum absolute atomic E-state index is 0.274. The highest BCUT2D eigenvalue weighted by molar-refractivity contribution is 5.94. The van der Waals surface area contributed by atoms with Gasteiger partial charge in [0.25, 0.3) is 5.91 Å². The summed E-state index contributed by atoms with van der Waals surface area (Å²) in [4.78, 5) is 15.4. The number of amides is 1. The Bertz CT molecular complexity index is 530. The molecule has 5 nitrogen and oxygen atoms in total. The van der Waals surface area contributed by atoms with Gasteiger partial charge in [0.15, 0.2) is 0 Å². The molecule has 0 atom stereocenters. The molecule has 1 amide bonds. The van der Waals surface area contributed by atoms with Gasteiger partial charge in [0.1, 0.15) is 0 Å². The first kappa shape index (κ1) is 11.1. The van der Waals surface area contributed by atoms with Crippen molar-refractivity contribution in [1.29, 1.82) is 0 Å². The predicted molar refractivity (Wildman–Crippen MR) is 64.7 cm³/mol.